The van der Waals surface area contributed by atoms with Crippen molar-refractivity contribution in [3.63, 3.8) is 0 Å². The molecule has 9 heteroatoms. The molecule has 4 atom stereocenters. The number of nitrogens with one attached hydrogen (secondary N) is 1. The van der Waals surface area contributed by atoms with Gasteiger partial charge in [0.15, 0.2) is 0 Å². The van der Waals surface area contributed by atoms with Crippen LogP contribution < -0.4 is 5.32 Å². The van der Waals surface area contributed by atoms with Gasteiger partial charge in [0.05, 0.1) is 19.3 Å². The van der Waals surface area contributed by atoms with Crippen molar-refractivity contribution in [3.05, 3.63) is 0 Å². The normalized spacial score (nSPS) is 19.8. The van der Waals surface area contributed by atoms with Gasteiger partial charge in [0.25, 0.3) is 5.97 Å². The van der Waals surface area contributed by atoms with E-state index in [2.05, 4.69) is 5.32 Å². The number of aliphatic hydroxyl groups excluding tert-OH is 5. The molecule has 0 aliphatic heterocycles. The van der Waals surface area contributed by atoms with Gasteiger partial charge in [0.1, 0.15) is 18.3 Å². The number of hydrogen-bond donors (Lipinski definition) is 9. The lowest BCUT2D eigenvalue weighted by Crippen LogP contribution is -2.50. The summed E-state index contributed by atoms with van der Waals surface area (Å²) in [5.41, 5.74) is 0. The smallest absolute Gasteiger partial charge is 0.288 e. The van der Waals surface area contributed by atoms with Gasteiger partial charge < -0.3 is 46.2 Å². The van der Waals surface area contributed by atoms with Crippen LogP contribution in [0.1, 0.15) is 0 Å². The highest BCUT2D eigenvalue weighted by Gasteiger charge is 2.30. The van der Waals surface area contributed by atoms with E-state index in [-0.39, 0.29) is 6.54 Å². The first-order valence-electron chi connectivity index (χ1n) is 4.90. The molecule has 0 fully saturated rings. The molecule has 9 N–H and O–H groups in total. The predicted octanol–water partition coefficient (Wildman–Crippen LogP) is -5.36. The van der Waals surface area contributed by atoms with Crippen molar-refractivity contribution in [2.75, 3.05) is 19.7 Å². The van der Waals surface area contributed by atoms with E-state index in [1.807, 2.05) is 0 Å². The molecular formula is C8H19NO8. The van der Waals surface area contributed by atoms with Gasteiger partial charge in [-0.05, 0) is 0 Å². The Hall–Kier alpha value is -0.360. The minimum absolute atomic E-state index is 0.375. The van der Waals surface area contributed by atoms with Crippen LogP contribution in [0.25, 0.3) is 0 Å². The zero-order valence-corrected chi connectivity index (χ0v) is 9.01. The molecule has 0 aromatic carbocycles. The van der Waals surface area contributed by atoms with Crippen molar-refractivity contribution in [3.8, 4) is 0 Å². The Balaban J connectivity index is 4.01. The van der Waals surface area contributed by atoms with Gasteiger partial charge in [-0.1, -0.05) is 0 Å². The minimum atomic E-state index is -2.95. The van der Waals surface area contributed by atoms with Gasteiger partial charge >= 0.3 is 0 Å². The summed E-state index contributed by atoms with van der Waals surface area (Å²) in [6.45, 7) is -1.85. The molecule has 104 valence electrons. The van der Waals surface area contributed by atoms with E-state index in [0.29, 0.717) is 0 Å². The van der Waals surface area contributed by atoms with E-state index >= 15 is 0 Å². The average Bonchev–Trinajstić information content (AvgIpc) is 2.24. The van der Waals surface area contributed by atoms with Crippen LogP contribution in [0.2, 0.25) is 0 Å². The zero-order chi connectivity index (χ0) is 13.6. The molecule has 0 saturated heterocycles. The summed E-state index contributed by atoms with van der Waals surface area (Å²) >= 11 is 0. The fourth-order valence-electron chi connectivity index (χ4n) is 1.07. The molecule has 0 aromatic heterocycles. The average molecular weight is 257 g/mol. The van der Waals surface area contributed by atoms with Gasteiger partial charge in [-0.3, -0.25) is 0 Å². The summed E-state index contributed by atoms with van der Waals surface area (Å²) in [5.74, 6) is -2.95. The van der Waals surface area contributed by atoms with Crippen molar-refractivity contribution in [2.24, 2.45) is 0 Å². The predicted molar refractivity (Wildman–Crippen MR) is 53.4 cm³/mol. The van der Waals surface area contributed by atoms with Crippen LogP contribution in [0.15, 0.2) is 0 Å². The highest BCUT2D eigenvalue weighted by Crippen LogP contribution is 2.04. The topological polar surface area (TPSA) is 174 Å². The SMILES string of the molecule is OCC(O)C(O)C(O)C(O)CNCC(O)(O)O. The zero-order valence-electron chi connectivity index (χ0n) is 9.01. The molecule has 0 spiro atoms. The summed E-state index contributed by atoms with van der Waals surface area (Å²) in [5, 5.41) is 73.0. The van der Waals surface area contributed by atoms with Crippen LogP contribution in [-0.4, -0.2) is 90.9 Å². The molecule has 0 rings (SSSR count). The lowest BCUT2D eigenvalue weighted by molar-refractivity contribution is -0.306. The summed E-state index contributed by atoms with van der Waals surface area (Å²) in [6, 6.07) is 0. The van der Waals surface area contributed by atoms with Gasteiger partial charge in [-0.2, -0.15) is 0 Å². The highest BCUT2D eigenvalue weighted by molar-refractivity contribution is 4.81. The van der Waals surface area contributed by atoms with E-state index in [4.69, 9.17) is 25.5 Å². The number of aliphatic hydroxyl groups is 8. The fraction of sp³-hybridized carbons (Fsp3) is 1.00. The molecule has 0 radical (unpaired) electrons. The van der Waals surface area contributed by atoms with Crippen molar-refractivity contribution >= 4 is 0 Å². The van der Waals surface area contributed by atoms with Crippen molar-refractivity contribution in [1.29, 1.82) is 0 Å². The molecule has 17 heavy (non-hydrogen) atoms. The maximum absolute atomic E-state index is 9.32. The largest absolute Gasteiger partial charge is 0.394 e. The second-order valence-corrected chi connectivity index (χ2v) is 3.70. The Labute approximate surface area is 97.2 Å². The Morgan fingerprint density at radius 1 is 0.882 bits per heavy atom. The Morgan fingerprint density at radius 2 is 1.35 bits per heavy atom. The maximum atomic E-state index is 9.32. The van der Waals surface area contributed by atoms with E-state index in [0.717, 1.165) is 0 Å². The summed E-state index contributed by atoms with van der Waals surface area (Å²) in [4.78, 5) is 0. The lowest BCUT2D eigenvalue weighted by atomic mass is 10.0. The third kappa shape index (κ3) is 6.83. The molecule has 0 aliphatic rings. The first-order chi connectivity index (χ1) is 7.69. The molecule has 0 amide bonds. The van der Waals surface area contributed by atoms with Crippen LogP contribution in [0.4, 0.5) is 0 Å². The standard InChI is InChI=1S/C8H19NO8/c10-2-5(12)7(14)6(13)4(11)1-9-3-8(15,16)17/h4-7,9-17H,1-3H2. The Morgan fingerprint density at radius 3 is 1.76 bits per heavy atom. The summed E-state index contributed by atoms with van der Waals surface area (Å²) < 4.78 is 0. The molecule has 0 aromatic rings. The van der Waals surface area contributed by atoms with Crippen LogP contribution in [0, 0.1) is 0 Å². The fourth-order valence-corrected chi connectivity index (χ4v) is 1.07. The molecule has 0 saturated carbocycles. The molecule has 4 unspecified atom stereocenters. The Bertz CT molecular complexity index is 208. The summed E-state index contributed by atoms with van der Waals surface area (Å²) in [7, 11) is 0. The molecule has 9 nitrogen and oxygen atoms in total. The van der Waals surface area contributed by atoms with E-state index < -0.39 is 43.5 Å². The van der Waals surface area contributed by atoms with Crippen LogP contribution in [0.5, 0.6) is 0 Å². The van der Waals surface area contributed by atoms with E-state index in [1.54, 1.807) is 0 Å². The second-order valence-electron chi connectivity index (χ2n) is 3.70. The van der Waals surface area contributed by atoms with E-state index in [1.165, 1.54) is 0 Å². The molecule has 0 aliphatic carbocycles. The van der Waals surface area contributed by atoms with Gasteiger partial charge in [-0.15, -0.1) is 0 Å². The quantitative estimate of drug-likeness (QED) is 0.192. The highest BCUT2D eigenvalue weighted by atomic mass is 16.7. The summed E-state index contributed by atoms with van der Waals surface area (Å²) in [6.07, 6.45) is -6.63. The lowest BCUT2D eigenvalue weighted by Gasteiger charge is -2.26. The first-order valence-corrected chi connectivity index (χ1v) is 4.90. The van der Waals surface area contributed by atoms with Crippen molar-refractivity contribution in [2.45, 2.75) is 30.4 Å². The maximum Gasteiger partial charge on any atom is 0.288 e. The van der Waals surface area contributed by atoms with Crippen LogP contribution in [0.3, 0.4) is 0 Å². The van der Waals surface area contributed by atoms with Crippen LogP contribution >= 0.6 is 0 Å². The van der Waals surface area contributed by atoms with Gasteiger partial charge in [0, 0.05) is 6.54 Å². The van der Waals surface area contributed by atoms with Gasteiger partial charge in [-0.25, -0.2) is 0 Å². The van der Waals surface area contributed by atoms with Gasteiger partial charge in [0.2, 0.25) is 0 Å². The monoisotopic (exact) mass is 257 g/mol. The third-order valence-corrected chi connectivity index (χ3v) is 2.04. The van der Waals surface area contributed by atoms with E-state index in [9.17, 15) is 15.3 Å². The molecular weight excluding hydrogens is 238 g/mol. The first kappa shape index (κ1) is 16.6. The second kappa shape index (κ2) is 7.16. The molecule has 0 bridgehead atoms. The molecule has 0 heterocycles. The number of rotatable bonds is 8. The van der Waals surface area contributed by atoms with Crippen LogP contribution in [-0.2, 0) is 0 Å². The Kier molecular flexibility index (Phi) is 7.01. The minimum Gasteiger partial charge on any atom is -0.394 e. The number of hydrogen-bond acceptors (Lipinski definition) is 9. The van der Waals surface area contributed by atoms with Crippen molar-refractivity contribution < 1.29 is 40.9 Å². The third-order valence-electron chi connectivity index (χ3n) is 2.04. The van der Waals surface area contributed by atoms with Crippen molar-refractivity contribution in [1.82, 2.24) is 5.32 Å².